The Bertz CT molecular complexity index is 586. The number of nitrogens with one attached hydrogen (secondary N) is 1. The third-order valence-electron chi connectivity index (χ3n) is 3.57. The van der Waals surface area contributed by atoms with Gasteiger partial charge in [0.2, 0.25) is 0 Å². The highest BCUT2D eigenvalue weighted by atomic mass is 16.5. The lowest BCUT2D eigenvalue weighted by Crippen LogP contribution is -2.46. The maximum absolute atomic E-state index is 12.3. The van der Waals surface area contributed by atoms with E-state index in [1.54, 1.807) is 18.2 Å². The van der Waals surface area contributed by atoms with Crippen molar-refractivity contribution in [2.24, 2.45) is 0 Å². The third kappa shape index (κ3) is 3.92. The molecule has 112 valence electrons. The maximum atomic E-state index is 12.3. The Labute approximate surface area is 123 Å². The lowest BCUT2D eigenvalue weighted by atomic mass is 9.99. The van der Waals surface area contributed by atoms with Crippen molar-refractivity contribution in [2.75, 3.05) is 13.2 Å². The Morgan fingerprint density at radius 1 is 1.43 bits per heavy atom. The van der Waals surface area contributed by atoms with Gasteiger partial charge in [-0.05, 0) is 49.6 Å². The van der Waals surface area contributed by atoms with Crippen LogP contribution in [0.2, 0.25) is 0 Å². The summed E-state index contributed by atoms with van der Waals surface area (Å²) in [6.45, 7) is 5.00. The van der Waals surface area contributed by atoms with Crippen LogP contribution in [0.15, 0.2) is 24.3 Å². The van der Waals surface area contributed by atoms with Crippen molar-refractivity contribution in [3.63, 3.8) is 0 Å². The normalized spacial score (nSPS) is 21.6. The number of amides is 1. The third-order valence-corrected chi connectivity index (χ3v) is 3.57. The van der Waals surface area contributed by atoms with E-state index in [0.717, 1.165) is 23.6 Å². The van der Waals surface area contributed by atoms with E-state index in [9.17, 15) is 9.59 Å². The summed E-state index contributed by atoms with van der Waals surface area (Å²) in [6, 6.07) is 5.20. The second kappa shape index (κ2) is 6.10. The molecule has 2 rings (SSSR count). The van der Waals surface area contributed by atoms with Crippen molar-refractivity contribution in [1.29, 1.82) is 0 Å². The number of carbonyl (C=O) groups is 2. The summed E-state index contributed by atoms with van der Waals surface area (Å²) >= 11 is 0. The van der Waals surface area contributed by atoms with Crippen LogP contribution in [0.25, 0.3) is 6.08 Å². The monoisotopic (exact) mass is 289 g/mol. The number of ether oxygens (including phenoxy) is 1. The Balaban J connectivity index is 2.12. The Morgan fingerprint density at radius 3 is 2.76 bits per heavy atom. The van der Waals surface area contributed by atoms with Crippen LogP contribution in [0.3, 0.4) is 0 Å². The number of aryl methyl sites for hydroxylation is 1. The Morgan fingerprint density at radius 2 is 2.19 bits per heavy atom. The quantitative estimate of drug-likeness (QED) is 0.831. The number of rotatable bonds is 4. The van der Waals surface area contributed by atoms with E-state index < -0.39 is 5.97 Å². The van der Waals surface area contributed by atoms with Crippen LogP contribution in [0.5, 0.6) is 0 Å². The molecule has 1 saturated heterocycles. The van der Waals surface area contributed by atoms with Crippen LogP contribution in [-0.4, -0.2) is 35.7 Å². The van der Waals surface area contributed by atoms with E-state index in [4.69, 9.17) is 9.84 Å². The second-order valence-corrected chi connectivity index (χ2v) is 5.56. The minimum absolute atomic E-state index is 0.139. The van der Waals surface area contributed by atoms with Crippen molar-refractivity contribution in [1.82, 2.24) is 5.32 Å². The fourth-order valence-corrected chi connectivity index (χ4v) is 2.28. The molecule has 5 nitrogen and oxygen atoms in total. The molecule has 0 aliphatic carbocycles. The molecular weight excluding hydrogens is 270 g/mol. The van der Waals surface area contributed by atoms with E-state index in [1.807, 2.05) is 13.8 Å². The summed E-state index contributed by atoms with van der Waals surface area (Å²) < 4.78 is 5.31. The van der Waals surface area contributed by atoms with Crippen LogP contribution in [-0.2, 0) is 9.53 Å². The topological polar surface area (TPSA) is 75.6 Å². The van der Waals surface area contributed by atoms with Gasteiger partial charge in [-0.25, -0.2) is 4.79 Å². The molecule has 1 amide bonds. The van der Waals surface area contributed by atoms with Gasteiger partial charge in [0, 0.05) is 18.2 Å². The summed E-state index contributed by atoms with van der Waals surface area (Å²) in [7, 11) is 0. The van der Waals surface area contributed by atoms with Crippen molar-refractivity contribution in [2.45, 2.75) is 25.8 Å². The molecule has 0 bridgehead atoms. The van der Waals surface area contributed by atoms with Crippen LogP contribution in [0.1, 0.15) is 34.8 Å². The maximum Gasteiger partial charge on any atom is 0.328 e. The molecule has 1 aromatic rings. The number of hydrogen-bond acceptors (Lipinski definition) is 3. The molecule has 2 N–H and O–H groups in total. The number of benzene rings is 1. The highest BCUT2D eigenvalue weighted by Crippen LogP contribution is 2.19. The smallest absolute Gasteiger partial charge is 0.328 e. The molecule has 1 fully saturated rings. The molecule has 1 atom stereocenters. The molecule has 5 heteroatoms. The molecule has 1 aliphatic rings. The van der Waals surface area contributed by atoms with E-state index >= 15 is 0 Å². The average molecular weight is 289 g/mol. The van der Waals surface area contributed by atoms with Crippen molar-refractivity contribution >= 4 is 18.0 Å². The number of carbonyl (C=O) groups excluding carboxylic acids is 1. The molecule has 1 heterocycles. The van der Waals surface area contributed by atoms with Gasteiger partial charge in [0.25, 0.3) is 5.91 Å². The van der Waals surface area contributed by atoms with E-state index in [1.165, 1.54) is 6.08 Å². The van der Waals surface area contributed by atoms with Gasteiger partial charge < -0.3 is 15.2 Å². The lowest BCUT2D eigenvalue weighted by molar-refractivity contribution is -0.131. The molecule has 0 saturated carbocycles. The fourth-order valence-electron chi connectivity index (χ4n) is 2.28. The SMILES string of the molecule is Cc1cc(C(=O)NC2(C)CCOC2)ccc1/C=C/C(=O)O. The highest BCUT2D eigenvalue weighted by molar-refractivity contribution is 5.95. The van der Waals surface area contributed by atoms with Gasteiger partial charge in [-0.2, -0.15) is 0 Å². The number of aliphatic carboxylic acids is 1. The Kier molecular flexibility index (Phi) is 4.43. The van der Waals surface area contributed by atoms with Crippen LogP contribution < -0.4 is 5.32 Å². The van der Waals surface area contributed by atoms with Crippen molar-refractivity contribution in [3.05, 3.63) is 41.0 Å². The van der Waals surface area contributed by atoms with E-state index in [0.29, 0.717) is 18.8 Å². The molecular formula is C16H19NO4. The lowest BCUT2D eigenvalue weighted by Gasteiger charge is -2.23. The van der Waals surface area contributed by atoms with E-state index in [-0.39, 0.29) is 11.4 Å². The zero-order chi connectivity index (χ0) is 15.5. The molecule has 1 aliphatic heterocycles. The first kappa shape index (κ1) is 15.3. The standard InChI is InChI=1S/C16H19NO4/c1-11-9-13(4-3-12(11)5-6-14(18)19)15(20)17-16(2)7-8-21-10-16/h3-6,9H,7-8,10H2,1-2H3,(H,17,20)(H,18,19)/b6-5+. The zero-order valence-corrected chi connectivity index (χ0v) is 12.2. The summed E-state index contributed by atoms with van der Waals surface area (Å²) in [5.41, 5.74) is 1.89. The number of hydrogen-bond donors (Lipinski definition) is 2. The average Bonchev–Trinajstić information content (AvgIpc) is 2.83. The predicted molar refractivity (Wildman–Crippen MR) is 79.2 cm³/mol. The van der Waals surface area contributed by atoms with Gasteiger partial charge in [-0.3, -0.25) is 4.79 Å². The largest absolute Gasteiger partial charge is 0.478 e. The summed E-state index contributed by atoms with van der Waals surface area (Å²) in [5, 5.41) is 11.6. The van der Waals surface area contributed by atoms with Crippen molar-refractivity contribution in [3.8, 4) is 0 Å². The molecule has 0 aromatic heterocycles. The minimum Gasteiger partial charge on any atom is -0.478 e. The summed E-state index contributed by atoms with van der Waals surface area (Å²) in [5.74, 6) is -1.13. The molecule has 1 aromatic carbocycles. The van der Waals surface area contributed by atoms with Gasteiger partial charge in [0.1, 0.15) is 0 Å². The molecule has 0 radical (unpaired) electrons. The summed E-state index contributed by atoms with van der Waals surface area (Å²) in [4.78, 5) is 22.8. The molecule has 21 heavy (non-hydrogen) atoms. The van der Waals surface area contributed by atoms with Crippen molar-refractivity contribution < 1.29 is 19.4 Å². The van der Waals surface area contributed by atoms with E-state index in [2.05, 4.69) is 5.32 Å². The van der Waals surface area contributed by atoms with Crippen LogP contribution >= 0.6 is 0 Å². The van der Waals surface area contributed by atoms with Crippen LogP contribution in [0.4, 0.5) is 0 Å². The van der Waals surface area contributed by atoms with Gasteiger partial charge in [-0.1, -0.05) is 6.07 Å². The first-order chi connectivity index (χ1) is 9.89. The van der Waals surface area contributed by atoms with Crippen LogP contribution in [0, 0.1) is 6.92 Å². The van der Waals surface area contributed by atoms with Gasteiger partial charge in [0.05, 0.1) is 12.1 Å². The predicted octanol–water partition coefficient (Wildman–Crippen LogP) is 2.00. The minimum atomic E-state index is -0.995. The first-order valence-electron chi connectivity index (χ1n) is 6.82. The zero-order valence-electron chi connectivity index (χ0n) is 12.2. The number of carboxylic acids is 1. The van der Waals surface area contributed by atoms with Gasteiger partial charge in [-0.15, -0.1) is 0 Å². The van der Waals surface area contributed by atoms with Gasteiger partial charge >= 0.3 is 5.97 Å². The highest BCUT2D eigenvalue weighted by Gasteiger charge is 2.31. The summed E-state index contributed by atoms with van der Waals surface area (Å²) in [6.07, 6.45) is 3.40. The molecule has 0 spiro atoms. The number of carboxylic acid groups (broad SMARTS) is 1. The Hall–Kier alpha value is -2.14. The second-order valence-electron chi connectivity index (χ2n) is 5.56. The first-order valence-corrected chi connectivity index (χ1v) is 6.82. The molecule has 1 unspecified atom stereocenters. The van der Waals surface area contributed by atoms with Gasteiger partial charge in [0.15, 0.2) is 0 Å². The fraction of sp³-hybridized carbons (Fsp3) is 0.375.